The summed E-state index contributed by atoms with van der Waals surface area (Å²) in [6, 6.07) is 19.6. The molecule has 0 bridgehead atoms. The number of hydrogen-bond acceptors (Lipinski definition) is 5. The summed E-state index contributed by atoms with van der Waals surface area (Å²) in [6.07, 6.45) is 1.56. The zero-order valence-electron chi connectivity index (χ0n) is 13.9. The zero-order valence-corrected chi connectivity index (χ0v) is 16.4. The van der Waals surface area contributed by atoms with Crippen molar-refractivity contribution in [3.63, 3.8) is 0 Å². The van der Waals surface area contributed by atoms with Gasteiger partial charge in [-0.2, -0.15) is 12.8 Å². The van der Waals surface area contributed by atoms with Gasteiger partial charge in [-0.25, -0.2) is 0 Å². The maximum Gasteiger partial charge on any atom is 0.292 e. The predicted molar refractivity (Wildman–Crippen MR) is 109 cm³/mol. The van der Waals surface area contributed by atoms with Crippen LogP contribution in [0.5, 0.6) is 0 Å². The Morgan fingerprint density at radius 3 is 2.26 bits per heavy atom. The molecule has 1 aliphatic rings. The van der Waals surface area contributed by atoms with Gasteiger partial charge in [-0.3, -0.25) is 4.79 Å². The Kier molecular flexibility index (Phi) is 4.82. The van der Waals surface area contributed by atoms with E-state index in [0.29, 0.717) is 16.0 Å². The molecule has 0 fully saturated rings. The first-order chi connectivity index (χ1) is 13.0. The third kappa shape index (κ3) is 3.66. The summed E-state index contributed by atoms with van der Waals surface area (Å²) < 4.78 is 29.5. The number of carbonyl (C=O) groups is 1. The third-order valence-electron chi connectivity index (χ3n) is 3.88. The minimum atomic E-state index is -3.83. The molecule has 0 amide bonds. The lowest BCUT2D eigenvalue weighted by Crippen LogP contribution is -2.17. The lowest BCUT2D eigenvalue weighted by atomic mass is 9.94. The Morgan fingerprint density at radius 2 is 1.56 bits per heavy atom. The van der Waals surface area contributed by atoms with Crippen LogP contribution in [0.4, 0.5) is 0 Å². The number of nitrogens with zero attached hydrogens (tertiary/aromatic N) is 1. The van der Waals surface area contributed by atoms with Crippen molar-refractivity contribution in [3.8, 4) is 0 Å². The van der Waals surface area contributed by atoms with E-state index in [-0.39, 0.29) is 15.7 Å². The Bertz CT molecular complexity index is 1160. The highest BCUT2D eigenvalue weighted by molar-refractivity contribution is 8.04. The van der Waals surface area contributed by atoms with Crippen LogP contribution in [0.25, 0.3) is 0 Å². The largest absolute Gasteiger partial charge is 0.292 e. The highest BCUT2D eigenvalue weighted by Crippen LogP contribution is 2.34. The van der Waals surface area contributed by atoms with Gasteiger partial charge in [0.2, 0.25) is 0 Å². The van der Waals surface area contributed by atoms with Crippen molar-refractivity contribution in [2.45, 2.75) is 9.10 Å². The van der Waals surface area contributed by atoms with Gasteiger partial charge in [0.25, 0.3) is 10.0 Å². The number of carbonyl (C=O) groups excluding carboxylic acids is 1. The second kappa shape index (κ2) is 7.26. The van der Waals surface area contributed by atoms with E-state index in [2.05, 4.69) is 4.40 Å². The molecular formula is C20H13NO3S3. The maximum absolute atomic E-state index is 12.9. The third-order valence-corrected chi connectivity index (χ3v) is 7.57. The number of allylic oxidation sites excluding steroid dienone is 2. The van der Waals surface area contributed by atoms with Crippen molar-refractivity contribution in [1.82, 2.24) is 0 Å². The molecule has 3 aromatic rings. The van der Waals surface area contributed by atoms with Crippen LogP contribution in [0.15, 0.2) is 96.6 Å². The second-order valence-electron chi connectivity index (χ2n) is 5.68. The molecule has 1 aliphatic carbocycles. The Hall–Kier alpha value is -2.48. The summed E-state index contributed by atoms with van der Waals surface area (Å²) in [5.41, 5.74) is 1.26. The average Bonchev–Trinajstić information content (AvgIpc) is 3.22. The van der Waals surface area contributed by atoms with Gasteiger partial charge in [-0.15, -0.1) is 11.3 Å². The smallest absolute Gasteiger partial charge is 0.288 e. The van der Waals surface area contributed by atoms with Crippen LogP contribution in [-0.2, 0) is 10.0 Å². The summed E-state index contributed by atoms with van der Waals surface area (Å²) in [6.45, 7) is 0. The fraction of sp³-hybridized carbons (Fsp3) is 0. The fourth-order valence-electron chi connectivity index (χ4n) is 2.66. The summed E-state index contributed by atoms with van der Waals surface area (Å²) >= 11 is 2.42. The molecule has 0 aliphatic heterocycles. The number of sulfonamides is 1. The van der Waals surface area contributed by atoms with E-state index >= 15 is 0 Å². The van der Waals surface area contributed by atoms with Gasteiger partial charge in [0, 0.05) is 16.0 Å². The lowest BCUT2D eigenvalue weighted by Gasteiger charge is -2.17. The molecule has 4 rings (SSSR count). The van der Waals surface area contributed by atoms with E-state index in [1.807, 2.05) is 30.3 Å². The van der Waals surface area contributed by atoms with Gasteiger partial charge in [0.05, 0.1) is 10.6 Å². The summed E-state index contributed by atoms with van der Waals surface area (Å²) in [5.74, 6) is -0.132. The Morgan fingerprint density at radius 1 is 0.852 bits per heavy atom. The molecule has 0 saturated heterocycles. The number of thiophene rings is 1. The van der Waals surface area contributed by atoms with Gasteiger partial charge < -0.3 is 0 Å². The molecule has 0 atom stereocenters. The van der Waals surface area contributed by atoms with E-state index in [1.54, 1.807) is 41.8 Å². The summed E-state index contributed by atoms with van der Waals surface area (Å²) in [4.78, 5) is 14.2. The van der Waals surface area contributed by atoms with E-state index in [9.17, 15) is 13.2 Å². The van der Waals surface area contributed by atoms with E-state index < -0.39 is 10.0 Å². The first-order valence-corrected chi connectivity index (χ1v) is 11.2. The highest BCUT2D eigenvalue weighted by Gasteiger charge is 2.26. The number of benzene rings is 2. The van der Waals surface area contributed by atoms with Crippen molar-refractivity contribution in [2.24, 2.45) is 4.40 Å². The van der Waals surface area contributed by atoms with E-state index in [0.717, 1.165) is 16.2 Å². The van der Waals surface area contributed by atoms with Crippen LogP contribution in [0.1, 0.15) is 15.9 Å². The van der Waals surface area contributed by atoms with Crippen LogP contribution in [-0.4, -0.2) is 19.9 Å². The highest BCUT2D eigenvalue weighted by atomic mass is 32.2. The van der Waals surface area contributed by atoms with Crippen LogP contribution in [0.2, 0.25) is 0 Å². The van der Waals surface area contributed by atoms with Crippen LogP contribution < -0.4 is 0 Å². The van der Waals surface area contributed by atoms with Gasteiger partial charge in [0.15, 0.2) is 5.78 Å². The molecule has 1 aromatic heterocycles. The van der Waals surface area contributed by atoms with Crippen molar-refractivity contribution >= 4 is 44.6 Å². The molecule has 2 aromatic carbocycles. The molecule has 0 unspecified atom stereocenters. The Labute approximate surface area is 165 Å². The van der Waals surface area contributed by atoms with E-state index in [4.69, 9.17) is 0 Å². The fourth-order valence-corrected chi connectivity index (χ4v) is 5.54. The number of ketones is 1. The van der Waals surface area contributed by atoms with Crippen molar-refractivity contribution in [2.75, 3.05) is 0 Å². The zero-order chi connectivity index (χ0) is 18.9. The average molecular weight is 412 g/mol. The number of rotatable bonds is 4. The Balaban J connectivity index is 1.83. The SMILES string of the molecule is O=C1C(Sc2ccccc2)=C/C(=N/S(=O)(=O)c2cccs2)c2ccccc21. The molecule has 0 N–H and O–H groups in total. The van der Waals surface area contributed by atoms with Crippen molar-refractivity contribution in [3.05, 3.63) is 94.2 Å². The number of hydrogen-bond donors (Lipinski definition) is 0. The maximum atomic E-state index is 12.9. The molecule has 7 heteroatoms. The molecule has 0 saturated carbocycles. The molecule has 0 radical (unpaired) electrons. The first-order valence-electron chi connectivity index (χ1n) is 8.02. The molecule has 4 nitrogen and oxygen atoms in total. The van der Waals surface area contributed by atoms with Gasteiger partial charge in [-0.05, 0) is 29.7 Å². The summed E-state index contributed by atoms with van der Waals surface area (Å²) in [5, 5.41) is 1.69. The number of fused-ring (bicyclic) bond motifs is 1. The minimum Gasteiger partial charge on any atom is -0.288 e. The summed E-state index contributed by atoms with van der Waals surface area (Å²) in [7, 11) is -3.83. The quantitative estimate of drug-likeness (QED) is 0.619. The first kappa shape index (κ1) is 17.9. The normalized spacial score (nSPS) is 15.5. The standard InChI is InChI=1S/C20H13NO3S3/c22-20-16-10-5-4-9-15(16)17(21-27(23,24)19-11-6-12-25-19)13-18(20)26-14-7-2-1-3-8-14/h1-13H/b21-17-. The molecule has 27 heavy (non-hydrogen) atoms. The van der Waals surface area contributed by atoms with Gasteiger partial charge in [-0.1, -0.05) is 60.3 Å². The monoisotopic (exact) mass is 411 g/mol. The molecule has 1 heterocycles. The van der Waals surface area contributed by atoms with Crippen molar-refractivity contribution < 1.29 is 13.2 Å². The van der Waals surface area contributed by atoms with Gasteiger partial charge in [0.1, 0.15) is 4.21 Å². The minimum absolute atomic E-state index is 0.132. The second-order valence-corrected chi connectivity index (χ2v) is 9.58. The number of Topliss-reactive ketones (excluding diaryl/α,β-unsaturated/α-hetero) is 1. The van der Waals surface area contributed by atoms with Gasteiger partial charge >= 0.3 is 0 Å². The number of thioether (sulfide) groups is 1. The van der Waals surface area contributed by atoms with Crippen molar-refractivity contribution in [1.29, 1.82) is 0 Å². The molecular weight excluding hydrogens is 398 g/mol. The molecule has 134 valence electrons. The van der Waals surface area contributed by atoms with Crippen LogP contribution in [0.3, 0.4) is 0 Å². The van der Waals surface area contributed by atoms with E-state index in [1.165, 1.54) is 17.8 Å². The predicted octanol–water partition coefficient (Wildman–Crippen LogP) is 4.80. The van der Waals surface area contributed by atoms with Crippen LogP contribution >= 0.6 is 23.1 Å². The lowest BCUT2D eigenvalue weighted by molar-refractivity contribution is 0.104. The van der Waals surface area contributed by atoms with Crippen LogP contribution in [0, 0.1) is 0 Å². The topological polar surface area (TPSA) is 63.6 Å². The molecule has 0 spiro atoms.